The van der Waals surface area contributed by atoms with Gasteiger partial charge in [-0.25, -0.2) is 4.79 Å². The van der Waals surface area contributed by atoms with E-state index in [4.69, 9.17) is 4.74 Å². The van der Waals surface area contributed by atoms with E-state index < -0.39 is 0 Å². The maximum Gasteiger partial charge on any atom is 0.415 e. The first-order valence-electron chi connectivity index (χ1n) is 8.37. The molecule has 6 heteroatoms. The monoisotopic (exact) mass is 343 g/mol. The summed E-state index contributed by atoms with van der Waals surface area (Å²) < 4.78 is 5.34. The summed E-state index contributed by atoms with van der Waals surface area (Å²) in [6, 6.07) is 9.02. The zero-order valence-electron chi connectivity index (χ0n) is 14.5. The normalized spacial score (nSPS) is 14.6. The van der Waals surface area contributed by atoms with Crippen LogP contribution in [0.2, 0.25) is 0 Å². The van der Waals surface area contributed by atoms with Crippen LogP contribution in [0.15, 0.2) is 55.6 Å². The van der Waals surface area contributed by atoms with Gasteiger partial charge in [-0.1, -0.05) is 30.4 Å². The SMILES string of the molecule is C=CCN(CC=C)C(=O)CN1CCN(C(=O)Oc2ccccc2)CC1. The Labute approximate surface area is 149 Å². The highest BCUT2D eigenvalue weighted by atomic mass is 16.6. The molecular weight excluding hydrogens is 318 g/mol. The molecule has 25 heavy (non-hydrogen) atoms. The van der Waals surface area contributed by atoms with Crippen molar-refractivity contribution in [1.82, 2.24) is 14.7 Å². The van der Waals surface area contributed by atoms with E-state index in [1.165, 1.54) is 0 Å². The van der Waals surface area contributed by atoms with E-state index in [0.717, 1.165) is 0 Å². The van der Waals surface area contributed by atoms with Gasteiger partial charge in [0.25, 0.3) is 0 Å². The number of ether oxygens (including phenoxy) is 1. The fourth-order valence-corrected chi connectivity index (χ4v) is 2.62. The molecule has 0 bridgehead atoms. The van der Waals surface area contributed by atoms with Crippen molar-refractivity contribution in [1.29, 1.82) is 0 Å². The van der Waals surface area contributed by atoms with Crippen molar-refractivity contribution < 1.29 is 14.3 Å². The Morgan fingerprint density at radius 3 is 2.20 bits per heavy atom. The van der Waals surface area contributed by atoms with E-state index in [1.807, 2.05) is 23.1 Å². The highest BCUT2D eigenvalue weighted by molar-refractivity contribution is 5.78. The van der Waals surface area contributed by atoms with Crippen molar-refractivity contribution in [2.24, 2.45) is 0 Å². The van der Waals surface area contributed by atoms with Crippen LogP contribution in [0.1, 0.15) is 0 Å². The van der Waals surface area contributed by atoms with Crippen LogP contribution in [0.5, 0.6) is 5.75 Å². The second-order valence-electron chi connectivity index (χ2n) is 5.82. The van der Waals surface area contributed by atoms with Gasteiger partial charge in [0.2, 0.25) is 5.91 Å². The molecule has 0 aliphatic carbocycles. The fraction of sp³-hybridized carbons (Fsp3) is 0.368. The molecule has 0 unspecified atom stereocenters. The van der Waals surface area contributed by atoms with E-state index in [-0.39, 0.29) is 12.0 Å². The van der Waals surface area contributed by atoms with Crippen molar-refractivity contribution in [3.05, 3.63) is 55.6 Å². The third kappa shape index (κ3) is 5.76. The summed E-state index contributed by atoms with van der Waals surface area (Å²) in [4.78, 5) is 29.9. The molecule has 0 radical (unpaired) electrons. The minimum Gasteiger partial charge on any atom is -0.410 e. The number of benzene rings is 1. The summed E-state index contributed by atoms with van der Waals surface area (Å²) in [6.45, 7) is 11.1. The third-order valence-electron chi connectivity index (χ3n) is 3.99. The minimum absolute atomic E-state index is 0.0418. The molecule has 2 amide bonds. The number of para-hydroxylation sites is 1. The quantitative estimate of drug-likeness (QED) is 0.711. The van der Waals surface area contributed by atoms with Crippen LogP contribution in [-0.4, -0.2) is 72.5 Å². The van der Waals surface area contributed by atoms with Crippen LogP contribution in [-0.2, 0) is 4.79 Å². The van der Waals surface area contributed by atoms with Crippen molar-refractivity contribution in [2.75, 3.05) is 45.8 Å². The number of hydrogen-bond donors (Lipinski definition) is 0. The van der Waals surface area contributed by atoms with E-state index in [9.17, 15) is 9.59 Å². The van der Waals surface area contributed by atoms with Crippen molar-refractivity contribution in [2.45, 2.75) is 0 Å². The van der Waals surface area contributed by atoms with Crippen molar-refractivity contribution in [3.63, 3.8) is 0 Å². The van der Waals surface area contributed by atoms with Gasteiger partial charge >= 0.3 is 6.09 Å². The maximum atomic E-state index is 12.3. The molecule has 0 spiro atoms. The maximum absolute atomic E-state index is 12.3. The zero-order chi connectivity index (χ0) is 18.1. The predicted molar refractivity (Wildman–Crippen MR) is 97.5 cm³/mol. The molecule has 1 saturated heterocycles. The number of hydrogen-bond acceptors (Lipinski definition) is 4. The van der Waals surface area contributed by atoms with Crippen molar-refractivity contribution in [3.8, 4) is 5.75 Å². The highest BCUT2D eigenvalue weighted by Gasteiger charge is 2.24. The van der Waals surface area contributed by atoms with Gasteiger partial charge in [0.15, 0.2) is 0 Å². The van der Waals surface area contributed by atoms with Crippen molar-refractivity contribution >= 4 is 12.0 Å². The Morgan fingerprint density at radius 2 is 1.64 bits per heavy atom. The van der Waals surface area contributed by atoms with Gasteiger partial charge in [-0.05, 0) is 12.1 Å². The number of rotatable bonds is 7. The molecule has 0 N–H and O–H groups in total. The summed E-state index contributed by atoms with van der Waals surface area (Å²) >= 11 is 0. The summed E-state index contributed by atoms with van der Waals surface area (Å²) in [5.41, 5.74) is 0. The average Bonchev–Trinajstić information content (AvgIpc) is 2.63. The molecule has 1 aromatic carbocycles. The van der Waals surface area contributed by atoms with Gasteiger partial charge in [0.05, 0.1) is 6.54 Å². The minimum atomic E-state index is -0.350. The molecule has 1 aromatic rings. The summed E-state index contributed by atoms with van der Waals surface area (Å²) in [6.07, 6.45) is 3.06. The number of carbonyl (C=O) groups excluding carboxylic acids is 2. The third-order valence-corrected chi connectivity index (χ3v) is 3.99. The first-order valence-corrected chi connectivity index (χ1v) is 8.37. The molecule has 1 aliphatic heterocycles. The van der Waals surface area contributed by atoms with Crippen LogP contribution in [0.4, 0.5) is 4.79 Å². The zero-order valence-corrected chi connectivity index (χ0v) is 14.5. The molecule has 0 atom stereocenters. The van der Waals surface area contributed by atoms with Gasteiger partial charge in [0.1, 0.15) is 5.75 Å². The number of amides is 2. The van der Waals surface area contributed by atoms with Gasteiger partial charge in [-0.15, -0.1) is 13.2 Å². The summed E-state index contributed by atoms with van der Waals surface area (Å²) in [5.74, 6) is 0.578. The Kier molecular flexibility index (Phi) is 7.22. The molecule has 2 rings (SSSR count). The first-order chi connectivity index (χ1) is 12.1. The van der Waals surface area contributed by atoms with Gasteiger partial charge < -0.3 is 14.5 Å². The molecule has 1 heterocycles. The van der Waals surface area contributed by atoms with Crippen LogP contribution < -0.4 is 4.74 Å². The molecule has 1 aliphatic rings. The fourth-order valence-electron chi connectivity index (χ4n) is 2.62. The summed E-state index contributed by atoms with van der Waals surface area (Å²) in [5, 5.41) is 0. The molecule has 0 saturated carbocycles. The van der Waals surface area contributed by atoms with Gasteiger partial charge in [-0.2, -0.15) is 0 Å². The van der Waals surface area contributed by atoms with E-state index in [0.29, 0.717) is 51.6 Å². The lowest BCUT2D eigenvalue weighted by atomic mass is 10.3. The van der Waals surface area contributed by atoms with Crippen LogP contribution in [0, 0.1) is 0 Å². The Bertz CT molecular complexity index is 585. The van der Waals surface area contributed by atoms with Crippen LogP contribution >= 0.6 is 0 Å². The Morgan fingerprint density at radius 1 is 1.04 bits per heavy atom. The molecule has 1 fully saturated rings. The second kappa shape index (κ2) is 9.64. The van der Waals surface area contributed by atoms with Crippen LogP contribution in [0.25, 0.3) is 0 Å². The molecule has 0 aromatic heterocycles. The van der Waals surface area contributed by atoms with E-state index in [2.05, 4.69) is 13.2 Å². The van der Waals surface area contributed by atoms with Gasteiger partial charge in [0, 0.05) is 39.3 Å². The molecule has 6 nitrogen and oxygen atoms in total. The number of piperazine rings is 1. The molecule has 134 valence electrons. The average molecular weight is 343 g/mol. The smallest absolute Gasteiger partial charge is 0.410 e. The highest BCUT2D eigenvalue weighted by Crippen LogP contribution is 2.11. The summed E-state index contributed by atoms with van der Waals surface area (Å²) in [7, 11) is 0. The first kappa shape index (κ1) is 18.7. The number of nitrogens with zero attached hydrogens (tertiary/aromatic N) is 3. The lowest BCUT2D eigenvalue weighted by molar-refractivity contribution is -0.131. The van der Waals surface area contributed by atoms with Crippen LogP contribution in [0.3, 0.4) is 0 Å². The topological polar surface area (TPSA) is 53.1 Å². The Hall–Kier alpha value is -2.60. The second-order valence-corrected chi connectivity index (χ2v) is 5.82. The van der Waals surface area contributed by atoms with E-state index >= 15 is 0 Å². The Balaban J connectivity index is 1.78. The van der Waals surface area contributed by atoms with E-state index in [1.54, 1.807) is 34.1 Å². The molecular formula is C19H25N3O3. The predicted octanol–water partition coefficient (Wildman–Crippen LogP) is 2.00. The van der Waals surface area contributed by atoms with Gasteiger partial charge in [-0.3, -0.25) is 9.69 Å². The standard InChI is InChI=1S/C19H25N3O3/c1-3-10-21(11-4-2)18(23)16-20-12-14-22(15-13-20)19(24)25-17-8-6-5-7-9-17/h3-9H,1-2,10-16H2. The largest absolute Gasteiger partial charge is 0.415 e. The lowest BCUT2D eigenvalue weighted by Crippen LogP contribution is -2.52. The number of carbonyl (C=O) groups is 2. The lowest BCUT2D eigenvalue weighted by Gasteiger charge is -2.34.